The van der Waals surface area contributed by atoms with Gasteiger partial charge in [-0.3, -0.25) is 9.88 Å². The lowest BCUT2D eigenvalue weighted by Gasteiger charge is -2.37. The average Bonchev–Trinajstić information content (AvgIpc) is 2.32. The first-order valence-corrected chi connectivity index (χ1v) is 6.12. The van der Waals surface area contributed by atoms with Crippen molar-refractivity contribution in [2.75, 3.05) is 19.6 Å². The molecule has 1 fully saturated rings. The van der Waals surface area contributed by atoms with Crippen molar-refractivity contribution in [2.45, 2.75) is 32.4 Å². The van der Waals surface area contributed by atoms with Crippen molar-refractivity contribution in [2.24, 2.45) is 0 Å². The van der Waals surface area contributed by atoms with Gasteiger partial charge in [-0.15, -0.1) is 0 Å². The number of nitrogens with zero attached hydrogens (tertiary/aromatic N) is 2. The Morgan fingerprint density at radius 3 is 3.12 bits per heavy atom. The first-order chi connectivity index (χ1) is 7.75. The fourth-order valence-corrected chi connectivity index (χ4v) is 2.23. The highest BCUT2D eigenvalue weighted by Crippen LogP contribution is 2.08. The fourth-order valence-electron chi connectivity index (χ4n) is 2.23. The number of rotatable bonds is 3. The Morgan fingerprint density at radius 1 is 1.50 bits per heavy atom. The Balaban J connectivity index is 1.85. The van der Waals surface area contributed by atoms with Gasteiger partial charge in [-0.2, -0.15) is 0 Å². The number of hydrogen-bond donors (Lipinski definition) is 1. The minimum Gasteiger partial charge on any atom is -0.311 e. The summed E-state index contributed by atoms with van der Waals surface area (Å²) in [6.45, 7) is 7.94. The van der Waals surface area contributed by atoms with E-state index in [9.17, 15) is 0 Å². The van der Waals surface area contributed by atoms with E-state index >= 15 is 0 Å². The van der Waals surface area contributed by atoms with Crippen LogP contribution in [0.15, 0.2) is 24.5 Å². The van der Waals surface area contributed by atoms with Crippen molar-refractivity contribution in [3.05, 3.63) is 30.1 Å². The molecule has 2 heterocycles. The minimum atomic E-state index is 0.616. The first kappa shape index (κ1) is 11.6. The van der Waals surface area contributed by atoms with Gasteiger partial charge in [0.25, 0.3) is 0 Å². The Labute approximate surface area is 97.9 Å². The van der Waals surface area contributed by atoms with Crippen LogP contribution in [-0.4, -0.2) is 41.6 Å². The third-order valence-electron chi connectivity index (χ3n) is 3.30. The average molecular weight is 219 g/mol. The summed E-state index contributed by atoms with van der Waals surface area (Å²) in [5.41, 5.74) is 1.33. The maximum atomic E-state index is 4.15. The van der Waals surface area contributed by atoms with Crippen molar-refractivity contribution >= 4 is 0 Å². The van der Waals surface area contributed by atoms with Crippen LogP contribution in [0.1, 0.15) is 19.4 Å². The molecule has 16 heavy (non-hydrogen) atoms. The highest BCUT2D eigenvalue weighted by Gasteiger charge is 2.21. The molecule has 2 rings (SSSR count). The Hall–Kier alpha value is -0.930. The second-order valence-electron chi connectivity index (χ2n) is 4.76. The summed E-state index contributed by atoms with van der Waals surface area (Å²) >= 11 is 0. The predicted molar refractivity (Wildman–Crippen MR) is 66.4 cm³/mol. The van der Waals surface area contributed by atoms with Gasteiger partial charge in [0.1, 0.15) is 0 Å². The molecule has 3 heteroatoms. The number of hydrogen-bond acceptors (Lipinski definition) is 3. The molecule has 2 atom stereocenters. The molecule has 1 saturated heterocycles. The number of piperazine rings is 1. The van der Waals surface area contributed by atoms with Gasteiger partial charge in [-0.05, 0) is 31.9 Å². The van der Waals surface area contributed by atoms with Crippen LogP contribution in [0.25, 0.3) is 0 Å². The third-order valence-corrected chi connectivity index (χ3v) is 3.30. The molecule has 0 spiro atoms. The normalized spacial score (nSPS) is 26.9. The zero-order chi connectivity index (χ0) is 11.4. The van der Waals surface area contributed by atoms with E-state index in [0.717, 1.165) is 26.1 Å². The molecule has 0 radical (unpaired) electrons. The van der Waals surface area contributed by atoms with E-state index in [1.807, 2.05) is 18.5 Å². The molecule has 0 aliphatic carbocycles. The van der Waals surface area contributed by atoms with E-state index in [0.29, 0.717) is 12.1 Å². The maximum Gasteiger partial charge on any atom is 0.0300 e. The zero-order valence-electron chi connectivity index (χ0n) is 10.2. The van der Waals surface area contributed by atoms with E-state index in [2.05, 4.69) is 35.1 Å². The SMILES string of the molecule is CC1CN(CCc2cccnc2)C(C)CN1. The molecule has 1 aliphatic heterocycles. The van der Waals surface area contributed by atoms with Crippen LogP contribution >= 0.6 is 0 Å². The van der Waals surface area contributed by atoms with Crippen LogP contribution in [0.3, 0.4) is 0 Å². The molecular formula is C13H21N3. The van der Waals surface area contributed by atoms with E-state index in [1.165, 1.54) is 5.56 Å². The van der Waals surface area contributed by atoms with E-state index < -0.39 is 0 Å². The summed E-state index contributed by atoms with van der Waals surface area (Å²) in [5, 5.41) is 3.51. The van der Waals surface area contributed by atoms with Crippen molar-refractivity contribution in [1.82, 2.24) is 15.2 Å². The van der Waals surface area contributed by atoms with Crippen molar-refractivity contribution in [3.63, 3.8) is 0 Å². The van der Waals surface area contributed by atoms with Gasteiger partial charge < -0.3 is 5.32 Å². The zero-order valence-corrected chi connectivity index (χ0v) is 10.2. The van der Waals surface area contributed by atoms with Gasteiger partial charge in [0.15, 0.2) is 0 Å². The number of nitrogens with one attached hydrogen (secondary N) is 1. The molecule has 2 unspecified atom stereocenters. The highest BCUT2D eigenvalue weighted by atomic mass is 15.2. The summed E-state index contributed by atoms with van der Waals surface area (Å²) in [6.07, 6.45) is 4.90. The van der Waals surface area contributed by atoms with Crippen LogP contribution in [0.2, 0.25) is 0 Å². The smallest absolute Gasteiger partial charge is 0.0300 e. The molecule has 1 N–H and O–H groups in total. The fraction of sp³-hybridized carbons (Fsp3) is 0.615. The molecule has 0 amide bonds. The molecule has 1 aliphatic rings. The number of aromatic nitrogens is 1. The molecule has 1 aromatic heterocycles. The van der Waals surface area contributed by atoms with E-state index in [4.69, 9.17) is 0 Å². The summed E-state index contributed by atoms with van der Waals surface area (Å²) in [4.78, 5) is 6.72. The maximum absolute atomic E-state index is 4.15. The molecule has 0 aromatic carbocycles. The topological polar surface area (TPSA) is 28.2 Å². The molecule has 1 aromatic rings. The van der Waals surface area contributed by atoms with E-state index in [1.54, 1.807) is 0 Å². The van der Waals surface area contributed by atoms with Gasteiger partial charge >= 0.3 is 0 Å². The summed E-state index contributed by atoms with van der Waals surface area (Å²) in [7, 11) is 0. The molecule has 0 bridgehead atoms. The second-order valence-corrected chi connectivity index (χ2v) is 4.76. The first-order valence-electron chi connectivity index (χ1n) is 6.12. The standard InChI is InChI=1S/C13H21N3/c1-11-10-16(12(2)8-15-11)7-5-13-4-3-6-14-9-13/h3-4,6,9,11-12,15H,5,7-8,10H2,1-2H3. The summed E-state index contributed by atoms with van der Waals surface area (Å²) in [6, 6.07) is 5.43. The largest absolute Gasteiger partial charge is 0.311 e. The highest BCUT2D eigenvalue weighted by molar-refractivity contribution is 5.08. The van der Waals surface area contributed by atoms with Gasteiger partial charge in [-0.25, -0.2) is 0 Å². The van der Waals surface area contributed by atoms with Crippen LogP contribution in [0.4, 0.5) is 0 Å². The van der Waals surface area contributed by atoms with Crippen molar-refractivity contribution in [3.8, 4) is 0 Å². The van der Waals surface area contributed by atoms with Gasteiger partial charge in [0.05, 0.1) is 0 Å². The van der Waals surface area contributed by atoms with Crippen LogP contribution in [0.5, 0.6) is 0 Å². The Bertz CT molecular complexity index is 312. The molecule has 88 valence electrons. The Morgan fingerprint density at radius 2 is 2.38 bits per heavy atom. The van der Waals surface area contributed by atoms with Crippen molar-refractivity contribution < 1.29 is 0 Å². The lowest BCUT2D eigenvalue weighted by atomic mass is 10.1. The molecular weight excluding hydrogens is 198 g/mol. The third kappa shape index (κ3) is 3.03. The van der Waals surface area contributed by atoms with Crippen LogP contribution in [-0.2, 0) is 6.42 Å². The quantitative estimate of drug-likeness (QED) is 0.830. The predicted octanol–water partition coefficient (Wildman–Crippen LogP) is 1.31. The second kappa shape index (κ2) is 5.41. The molecule has 0 saturated carbocycles. The van der Waals surface area contributed by atoms with Crippen molar-refractivity contribution in [1.29, 1.82) is 0 Å². The van der Waals surface area contributed by atoms with E-state index in [-0.39, 0.29) is 0 Å². The summed E-state index contributed by atoms with van der Waals surface area (Å²) < 4.78 is 0. The van der Waals surface area contributed by atoms with Crippen LogP contribution < -0.4 is 5.32 Å². The lowest BCUT2D eigenvalue weighted by Crippen LogP contribution is -2.54. The molecule has 3 nitrogen and oxygen atoms in total. The Kier molecular flexibility index (Phi) is 3.91. The monoisotopic (exact) mass is 219 g/mol. The number of pyridine rings is 1. The lowest BCUT2D eigenvalue weighted by molar-refractivity contribution is 0.148. The van der Waals surface area contributed by atoms with Gasteiger partial charge in [0, 0.05) is 44.1 Å². The summed E-state index contributed by atoms with van der Waals surface area (Å²) in [5.74, 6) is 0. The van der Waals surface area contributed by atoms with Gasteiger partial charge in [-0.1, -0.05) is 6.07 Å². The van der Waals surface area contributed by atoms with Crippen LogP contribution in [0, 0.1) is 0 Å². The van der Waals surface area contributed by atoms with Gasteiger partial charge in [0.2, 0.25) is 0 Å². The minimum absolute atomic E-state index is 0.616.